The highest BCUT2D eigenvalue weighted by Gasteiger charge is 2.65. The van der Waals surface area contributed by atoms with Crippen molar-refractivity contribution in [3.8, 4) is 0 Å². The van der Waals surface area contributed by atoms with Gasteiger partial charge in [-0.25, -0.2) is 23.5 Å². The van der Waals surface area contributed by atoms with Crippen LogP contribution in [0.2, 0.25) is 0 Å². The second-order valence-electron chi connectivity index (χ2n) is 11.1. The highest BCUT2D eigenvalue weighted by atomic mass is 16.2. The number of hydrogen-bond donors (Lipinski definition) is 0. The molecular weight excluding hydrogens is 350 g/mol. The summed E-state index contributed by atoms with van der Waals surface area (Å²) in [6, 6.07) is 0.400. The number of rotatable bonds is 0. The van der Waals surface area contributed by atoms with Gasteiger partial charge in [-0.05, 0) is 110 Å². The molecule has 10 atom stereocenters. The summed E-state index contributed by atoms with van der Waals surface area (Å²) in [6.45, 7) is 0. The Balaban J connectivity index is 1.47. The summed E-state index contributed by atoms with van der Waals surface area (Å²) in [4.78, 5) is 26.6. The van der Waals surface area contributed by atoms with Gasteiger partial charge in [0, 0.05) is 7.05 Å². The van der Waals surface area contributed by atoms with Gasteiger partial charge in [-0.1, -0.05) is 0 Å². The zero-order valence-corrected chi connectivity index (χ0v) is 16.6. The topological polar surface area (TPSA) is 48.9 Å². The molecular formula is C23H29N3O2. The molecule has 0 radical (unpaired) electrons. The van der Waals surface area contributed by atoms with E-state index >= 15 is 0 Å². The van der Waals surface area contributed by atoms with E-state index in [0.717, 1.165) is 23.7 Å². The van der Waals surface area contributed by atoms with Crippen molar-refractivity contribution >= 4 is 0 Å². The molecule has 28 heavy (non-hydrogen) atoms. The van der Waals surface area contributed by atoms with Crippen LogP contribution in [0, 0.1) is 47.3 Å². The Kier molecular flexibility index (Phi) is 2.53. The van der Waals surface area contributed by atoms with Gasteiger partial charge in [-0.3, -0.25) is 0 Å². The zero-order chi connectivity index (χ0) is 18.5. The van der Waals surface area contributed by atoms with Crippen molar-refractivity contribution in [1.82, 2.24) is 13.9 Å². The number of aromatic nitrogens is 3. The molecule has 2 heterocycles. The Morgan fingerprint density at radius 2 is 1.07 bits per heavy atom. The van der Waals surface area contributed by atoms with Crippen molar-refractivity contribution in [2.24, 2.45) is 54.4 Å². The molecule has 6 aliphatic carbocycles. The molecule has 1 aliphatic heterocycles. The zero-order valence-electron chi connectivity index (χ0n) is 16.6. The molecule has 148 valence electrons. The van der Waals surface area contributed by atoms with Gasteiger partial charge in [0.15, 0.2) is 0 Å². The molecule has 0 N–H and O–H groups in total. The molecule has 5 nitrogen and oxygen atoms in total. The smallest absolute Gasteiger partial charge is 0.246 e. The molecule has 0 amide bonds. The Bertz CT molecular complexity index is 991. The fourth-order valence-corrected chi connectivity index (χ4v) is 10.2. The van der Waals surface area contributed by atoms with Crippen LogP contribution >= 0.6 is 0 Å². The molecule has 5 heteroatoms. The first-order valence-corrected chi connectivity index (χ1v) is 11.8. The first-order chi connectivity index (χ1) is 13.7. The van der Waals surface area contributed by atoms with E-state index in [1.54, 1.807) is 18.2 Å². The molecule has 8 rings (SSSR count). The molecule has 1 aromatic rings. The largest absolute Gasteiger partial charge is 0.347 e. The van der Waals surface area contributed by atoms with Gasteiger partial charge in [0.1, 0.15) is 0 Å². The Hall–Kier alpha value is -1.52. The predicted molar refractivity (Wildman–Crippen MR) is 104 cm³/mol. The minimum absolute atomic E-state index is 0.0541. The third-order valence-corrected chi connectivity index (χ3v) is 10.8. The van der Waals surface area contributed by atoms with Gasteiger partial charge in [-0.15, -0.1) is 0 Å². The minimum atomic E-state index is -0.0541. The van der Waals surface area contributed by atoms with E-state index in [0.29, 0.717) is 23.7 Å². The Labute approximate surface area is 164 Å². The van der Waals surface area contributed by atoms with E-state index in [1.165, 1.54) is 55.9 Å². The molecule has 6 fully saturated rings. The summed E-state index contributed by atoms with van der Waals surface area (Å²) in [5.41, 5.74) is 3.27. The third kappa shape index (κ3) is 1.39. The average molecular weight is 380 g/mol. The SMILES string of the molecule is Cn1c(=O)n2n(c1=O)[C@H]1C(=C3[C@H]4CC[C@@H]5CC[C@H]([C@@H]54)[C@@H]32)[C@H]2CC[C@@H]3CC[C@H]1[C@H]32. The van der Waals surface area contributed by atoms with Gasteiger partial charge in [0.05, 0.1) is 12.1 Å². The lowest BCUT2D eigenvalue weighted by Gasteiger charge is -2.36. The van der Waals surface area contributed by atoms with Gasteiger partial charge >= 0.3 is 11.4 Å². The molecule has 7 aliphatic rings. The number of hydrogen-bond acceptors (Lipinski definition) is 2. The van der Waals surface area contributed by atoms with Gasteiger partial charge < -0.3 is 0 Å². The van der Waals surface area contributed by atoms with E-state index in [-0.39, 0.29) is 23.5 Å². The third-order valence-electron chi connectivity index (χ3n) is 10.8. The molecule has 0 saturated heterocycles. The van der Waals surface area contributed by atoms with Crippen molar-refractivity contribution in [3.05, 3.63) is 32.1 Å². The number of nitrogens with zero attached hydrogens (tertiary/aromatic N) is 3. The van der Waals surface area contributed by atoms with Crippen LogP contribution in [0.1, 0.15) is 63.5 Å². The van der Waals surface area contributed by atoms with Crippen LogP contribution in [0.4, 0.5) is 0 Å². The second kappa shape index (κ2) is 4.62. The summed E-state index contributed by atoms with van der Waals surface area (Å²) >= 11 is 0. The fraction of sp³-hybridized carbons (Fsp3) is 0.826. The first kappa shape index (κ1) is 15.3. The number of allylic oxidation sites excluding steroid dienone is 2. The summed E-state index contributed by atoms with van der Waals surface area (Å²) in [6.07, 6.45) is 10.7. The van der Waals surface area contributed by atoms with Crippen molar-refractivity contribution in [2.75, 3.05) is 0 Å². The van der Waals surface area contributed by atoms with Crippen molar-refractivity contribution in [2.45, 2.75) is 63.5 Å². The lowest BCUT2D eigenvalue weighted by molar-refractivity contribution is 0.225. The van der Waals surface area contributed by atoms with Gasteiger partial charge in [0.25, 0.3) is 0 Å². The number of fused-ring (bicyclic) bond motifs is 9. The standard InChI is InChI=1S/C23H29N3O2/c1-24-22(27)25-20-14-8-4-10-2-6-12(16(10)14)18(20)19-13-7-3-11-5-9-15(17(11)13)21(19)26(25)23(24)28/h10-17,20-21H,2-9H2,1H3/t10-,11-,12+,13+,14-,15+,16+,17-,20+,21-/m1/s1. The minimum Gasteiger partial charge on any atom is -0.246 e. The lowest BCUT2D eigenvalue weighted by atomic mass is 9.83. The summed E-state index contributed by atoms with van der Waals surface area (Å²) in [5, 5.41) is 0. The quantitative estimate of drug-likeness (QED) is 0.651. The van der Waals surface area contributed by atoms with Crippen LogP contribution < -0.4 is 11.4 Å². The van der Waals surface area contributed by atoms with E-state index in [1.807, 2.05) is 9.36 Å². The van der Waals surface area contributed by atoms with E-state index in [4.69, 9.17) is 0 Å². The highest BCUT2D eigenvalue weighted by Crippen LogP contribution is 2.71. The lowest BCUT2D eigenvalue weighted by Crippen LogP contribution is -2.41. The molecule has 0 aromatic carbocycles. The maximum absolute atomic E-state index is 13.3. The Morgan fingerprint density at radius 1 is 0.643 bits per heavy atom. The van der Waals surface area contributed by atoms with Crippen molar-refractivity contribution in [3.63, 3.8) is 0 Å². The van der Waals surface area contributed by atoms with Crippen molar-refractivity contribution < 1.29 is 0 Å². The summed E-state index contributed by atoms with van der Waals surface area (Å²) in [5.74, 6) is 5.98. The van der Waals surface area contributed by atoms with Crippen LogP contribution in [-0.2, 0) is 7.05 Å². The molecule has 0 unspecified atom stereocenters. The van der Waals surface area contributed by atoms with Gasteiger partial charge in [0.2, 0.25) is 0 Å². The highest BCUT2D eigenvalue weighted by molar-refractivity contribution is 5.41. The predicted octanol–water partition coefficient (Wildman–Crippen LogP) is 2.87. The fourth-order valence-electron chi connectivity index (χ4n) is 10.2. The van der Waals surface area contributed by atoms with Crippen LogP contribution in [0.15, 0.2) is 20.7 Å². The van der Waals surface area contributed by atoms with E-state index in [2.05, 4.69) is 0 Å². The van der Waals surface area contributed by atoms with Crippen LogP contribution in [0.3, 0.4) is 0 Å². The molecule has 0 bridgehead atoms. The molecule has 1 aromatic heterocycles. The van der Waals surface area contributed by atoms with E-state index in [9.17, 15) is 9.59 Å². The van der Waals surface area contributed by atoms with Crippen LogP contribution in [-0.4, -0.2) is 13.9 Å². The van der Waals surface area contributed by atoms with Gasteiger partial charge in [-0.2, -0.15) is 0 Å². The van der Waals surface area contributed by atoms with Crippen LogP contribution in [0.5, 0.6) is 0 Å². The monoisotopic (exact) mass is 379 g/mol. The second-order valence-corrected chi connectivity index (χ2v) is 11.1. The molecule has 0 spiro atoms. The summed E-state index contributed by atoms with van der Waals surface area (Å²) in [7, 11) is 1.70. The maximum atomic E-state index is 13.3. The average Bonchev–Trinajstić information content (AvgIpc) is 3.46. The summed E-state index contributed by atoms with van der Waals surface area (Å²) < 4.78 is 5.39. The maximum Gasteiger partial charge on any atom is 0.347 e. The normalized spacial score (nSPS) is 51.5. The molecule has 6 saturated carbocycles. The first-order valence-electron chi connectivity index (χ1n) is 11.8. The van der Waals surface area contributed by atoms with Crippen molar-refractivity contribution in [1.29, 1.82) is 0 Å². The Morgan fingerprint density at radius 3 is 1.54 bits per heavy atom. The van der Waals surface area contributed by atoms with E-state index < -0.39 is 0 Å². The van der Waals surface area contributed by atoms with Crippen LogP contribution in [0.25, 0.3) is 0 Å².